The standard InChI is InChI=1S/C31H31N5O6/c1-30-14-7-8-17-41-29(40)25(30)24-27(38)36(23(18-37)20-10-3-2-4-11-20)26-28(39)34(16-9-15-31(24,26)42-30)19-35-22-13-6-5-12-21(22)32-33-35/h2-7,9-15,23-26,37H,8,16-19H2,1H3/t23-,24+,25+,26?,30-,31+/m1/s1. The smallest absolute Gasteiger partial charge is 0.313 e. The molecule has 6 atom stereocenters. The van der Waals surface area contributed by atoms with Crippen LogP contribution in [0.3, 0.4) is 0 Å². The third-order valence-electron chi connectivity index (χ3n) is 8.96. The Morgan fingerprint density at radius 3 is 2.60 bits per heavy atom. The Kier molecular flexibility index (Phi) is 6.25. The van der Waals surface area contributed by atoms with Crippen molar-refractivity contribution >= 4 is 28.8 Å². The fourth-order valence-corrected chi connectivity index (χ4v) is 7.15. The molecule has 2 fully saturated rings. The fourth-order valence-electron chi connectivity index (χ4n) is 7.15. The molecule has 216 valence electrons. The van der Waals surface area contributed by atoms with Crippen LogP contribution in [0.2, 0.25) is 0 Å². The van der Waals surface area contributed by atoms with Gasteiger partial charge in [0.25, 0.3) is 5.91 Å². The lowest BCUT2D eigenvalue weighted by atomic mass is 9.74. The van der Waals surface area contributed by atoms with E-state index in [1.165, 1.54) is 4.90 Å². The number of aliphatic hydroxyl groups is 1. The molecule has 1 spiro atoms. The van der Waals surface area contributed by atoms with Gasteiger partial charge in [-0.15, -0.1) is 5.10 Å². The fraction of sp³-hybridized carbons (Fsp3) is 0.387. The lowest BCUT2D eigenvalue weighted by Crippen LogP contribution is -2.57. The second kappa shape index (κ2) is 9.88. The highest BCUT2D eigenvalue weighted by Crippen LogP contribution is 2.58. The second-order valence-electron chi connectivity index (χ2n) is 11.4. The number of benzene rings is 2. The number of esters is 1. The first-order chi connectivity index (χ1) is 20.4. The van der Waals surface area contributed by atoms with E-state index in [4.69, 9.17) is 9.47 Å². The number of aliphatic hydroxyl groups excluding tert-OH is 1. The Morgan fingerprint density at radius 1 is 1.00 bits per heavy atom. The molecule has 0 radical (unpaired) electrons. The maximum atomic E-state index is 14.7. The summed E-state index contributed by atoms with van der Waals surface area (Å²) in [6, 6.07) is 14.6. The minimum atomic E-state index is -1.47. The van der Waals surface area contributed by atoms with Crippen molar-refractivity contribution in [1.82, 2.24) is 24.8 Å². The Hall–Kier alpha value is -4.35. The molecule has 2 aromatic carbocycles. The SMILES string of the molecule is C[C@@]12C=CCCOC(=O)[C@@H]1[C@H]1C(=O)N([C@H](CO)c3ccccc3)C3C(=O)N(Cn4nnc5ccccc54)CC=C[C@@]31O2. The van der Waals surface area contributed by atoms with Crippen LogP contribution in [0.4, 0.5) is 0 Å². The number of fused-ring (bicyclic) bond motifs is 3. The van der Waals surface area contributed by atoms with E-state index in [1.807, 2.05) is 72.8 Å². The van der Waals surface area contributed by atoms with Crippen molar-refractivity contribution in [3.8, 4) is 0 Å². The summed E-state index contributed by atoms with van der Waals surface area (Å²) in [7, 11) is 0. The van der Waals surface area contributed by atoms with Crippen molar-refractivity contribution in [3.05, 3.63) is 84.5 Å². The van der Waals surface area contributed by atoms with E-state index >= 15 is 0 Å². The number of amides is 2. The average molecular weight is 570 g/mol. The normalized spacial score (nSPS) is 31.3. The van der Waals surface area contributed by atoms with E-state index in [0.717, 1.165) is 5.52 Å². The molecule has 3 aromatic rings. The summed E-state index contributed by atoms with van der Waals surface area (Å²) in [4.78, 5) is 45.8. The largest absolute Gasteiger partial charge is 0.465 e. The van der Waals surface area contributed by atoms with E-state index in [0.29, 0.717) is 17.5 Å². The van der Waals surface area contributed by atoms with Crippen molar-refractivity contribution in [2.75, 3.05) is 19.8 Å². The Labute approximate surface area is 242 Å². The maximum Gasteiger partial charge on any atom is 0.313 e. The van der Waals surface area contributed by atoms with Crippen LogP contribution in [-0.4, -0.2) is 84.7 Å². The number of likely N-dealkylation sites (tertiary alicyclic amines) is 1. The minimum Gasteiger partial charge on any atom is -0.465 e. The highest BCUT2D eigenvalue weighted by molar-refractivity contribution is 5.99. The van der Waals surface area contributed by atoms with Crippen LogP contribution in [0.5, 0.6) is 0 Å². The number of para-hydroxylation sites is 1. The summed E-state index contributed by atoms with van der Waals surface area (Å²) in [6.45, 7) is 1.85. The van der Waals surface area contributed by atoms with Crippen LogP contribution in [0.1, 0.15) is 24.9 Å². The zero-order valence-electron chi connectivity index (χ0n) is 23.1. The van der Waals surface area contributed by atoms with E-state index in [2.05, 4.69) is 10.3 Å². The Balaban J connectivity index is 1.36. The molecule has 5 heterocycles. The molecular formula is C31H31N5O6. The number of ether oxygens (including phenoxy) is 2. The van der Waals surface area contributed by atoms with Gasteiger partial charge in [0.1, 0.15) is 29.7 Å². The van der Waals surface area contributed by atoms with E-state index < -0.39 is 53.6 Å². The van der Waals surface area contributed by atoms with Gasteiger partial charge in [0, 0.05) is 6.54 Å². The van der Waals surface area contributed by atoms with E-state index in [1.54, 1.807) is 22.6 Å². The number of carbonyl (C=O) groups is 3. The van der Waals surface area contributed by atoms with E-state index in [-0.39, 0.29) is 25.7 Å². The van der Waals surface area contributed by atoms with Crippen molar-refractivity contribution in [2.45, 2.75) is 43.3 Å². The first kappa shape index (κ1) is 26.5. The lowest BCUT2D eigenvalue weighted by Gasteiger charge is -2.40. The molecule has 7 rings (SSSR count). The van der Waals surface area contributed by atoms with Crippen molar-refractivity contribution in [3.63, 3.8) is 0 Å². The van der Waals surface area contributed by atoms with Crippen LogP contribution in [0, 0.1) is 11.8 Å². The lowest BCUT2D eigenvalue weighted by molar-refractivity contribution is -0.162. The number of rotatable bonds is 5. The predicted octanol–water partition coefficient (Wildman–Crippen LogP) is 1.99. The molecule has 2 saturated heterocycles. The maximum absolute atomic E-state index is 14.7. The van der Waals surface area contributed by atoms with Crippen LogP contribution in [0.15, 0.2) is 78.9 Å². The second-order valence-corrected chi connectivity index (χ2v) is 11.4. The molecule has 4 aliphatic heterocycles. The molecule has 0 saturated carbocycles. The molecule has 42 heavy (non-hydrogen) atoms. The number of nitrogens with zero attached hydrogens (tertiary/aromatic N) is 5. The summed E-state index contributed by atoms with van der Waals surface area (Å²) < 4.78 is 14.0. The number of aromatic nitrogens is 3. The molecule has 2 amide bonds. The van der Waals surface area contributed by atoms with Gasteiger partial charge in [-0.05, 0) is 31.0 Å². The van der Waals surface area contributed by atoms with Gasteiger partial charge in [-0.25, -0.2) is 4.68 Å². The summed E-state index contributed by atoms with van der Waals surface area (Å²) in [5, 5.41) is 19.2. The summed E-state index contributed by atoms with van der Waals surface area (Å²) in [5.74, 6) is -3.36. The molecule has 0 bridgehead atoms. The van der Waals surface area contributed by atoms with Crippen LogP contribution >= 0.6 is 0 Å². The number of hydrogen-bond acceptors (Lipinski definition) is 8. The van der Waals surface area contributed by atoms with Crippen LogP contribution in [-0.2, 0) is 30.5 Å². The Bertz CT molecular complexity index is 1620. The first-order valence-electron chi connectivity index (χ1n) is 14.2. The summed E-state index contributed by atoms with van der Waals surface area (Å²) in [5.41, 5.74) is -0.517. The number of hydrogen-bond donors (Lipinski definition) is 1. The van der Waals surface area contributed by atoms with Gasteiger partial charge in [-0.2, -0.15) is 0 Å². The third-order valence-corrected chi connectivity index (χ3v) is 8.96. The predicted molar refractivity (Wildman–Crippen MR) is 149 cm³/mol. The zero-order valence-corrected chi connectivity index (χ0v) is 23.1. The monoisotopic (exact) mass is 569 g/mol. The van der Waals surface area contributed by atoms with Gasteiger partial charge in [0.15, 0.2) is 0 Å². The molecule has 0 aliphatic carbocycles. The van der Waals surface area contributed by atoms with Gasteiger partial charge in [0.2, 0.25) is 5.91 Å². The summed E-state index contributed by atoms with van der Waals surface area (Å²) in [6.07, 6.45) is 7.82. The summed E-state index contributed by atoms with van der Waals surface area (Å²) >= 11 is 0. The number of cyclic esters (lactones) is 1. The van der Waals surface area contributed by atoms with Gasteiger partial charge >= 0.3 is 5.97 Å². The third kappa shape index (κ3) is 3.83. The molecule has 1 unspecified atom stereocenters. The molecule has 11 heteroatoms. The zero-order chi connectivity index (χ0) is 29.1. The topological polar surface area (TPSA) is 127 Å². The Morgan fingerprint density at radius 2 is 1.79 bits per heavy atom. The highest BCUT2D eigenvalue weighted by atomic mass is 16.6. The van der Waals surface area contributed by atoms with Crippen LogP contribution in [0.25, 0.3) is 11.0 Å². The average Bonchev–Trinajstić information content (AvgIpc) is 3.55. The van der Waals surface area contributed by atoms with Crippen molar-refractivity contribution < 1.29 is 29.0 Å². The van der Waals surface area contributed by atoms with Crippen molar-refractivity contribution in [2.24, 2.45) is 11.8 Å². The molecule has 4 aliphatic rings. The van der Waals surface area contributed by atoms with Gasteiger partial charge in [0.05, 0.1) is 36.3 Å². The molecule has 1 N–H and O–H groups in total. The van der Waals surface area contributed by atoms with Crippen LogP contribution < -0.4 is 0 Å². The first-order valence-corrected chi connectivity index (χ1v) is 14.2. The van der Waals surface area contributed by atoms with Gasteiger partial charge < -0.3 is 24.4 Å². The number of carbonyl (C=O) groups excluding carboxylic acids is 3. The molecule has 1 aromatic heterocycles. The van der Waals surface area contributed by atoms with Crippen molar-refractivity contribution in [1.29, 1.82) is 0 Å². The van der Waals surface area contributed by atoms with Gasteiger partial charge in [-0.1, -0.05) is 72.0 Å². The highest BCUT2D eigenvalue weighted by Gasteiger charge is 2.75. The van der Waals surface area contributed by atoms with E-state index in [9.17, 15) is 19.5 Å². The molecule has 11 nitrogen and oxygen atoms in total. The van der Waals surface area contributed by atoms with Gasteiger partial charge in [-0.3, -0.25) is 14.4 Å². The molecular weight excluding hydrogens is 538 g/mol. The quantitative estimate of drug-likeness (QED) is 0.365. The minimum absolute atomic E-state index is 0.0841.